The lowest BCUT2D eigenvalue weighted by Crippen LogP contribution is -2.46. The van der Waals surface area contributed by atoms with Crippen molar-refractivity contribution in [3.63, 3.8) is 0 Å². The molecule has 5 heteroatoms. The minimum absolute atomic E-state index is 0.0316. The van der Waals surface area contributed by atoms with Crippen molar-refractivity contribution >= 4 is 11.9 Å². The Bertz CT molecular complexity index is 322. The summed E-state index contributed by atoms with van der Waals surface area (Å²) in [5, 5.41) is 2.91. The van der Waals surface area contributed by atoms with Crippen LogP contribution in [0.15, 0.2) is 0 Å². The average molecular weight is 286 g/mol. The normalized spacial score (nSPS) is 14.8. The molecule has 0 spiro atoms. The van der Waals surface area contributed by atoms with Crippen molar-refractivity contribution < 1.29 is 14.3 Å². The third-order valence-electron chi connectivity index (χ3n) is 3.05. The summed E-state index contributed by atoms with van der Waals surface area (Å²) in [5.41, 5.74) is -0.461. The van der Waals surface area contributed by atoms with Crippen LogP contribution in [0.2, 0.25) is 0 Å². The molecule has 0 bridgehead atoms. The van der Waals surface area contributed by atoms with Crippen LogP contribution in [-0.4, -0.2) is 50.1 Å². The smallest absolute Gasteiger partial charge is 0.319 e. The molecular weight excluding hydrogens is 256 g/mol. The predicted octanol–water partition coefficient (Wildman–Crippen LogP) is 1.67. The van der Waals surface area contributed by atoms with Crippen LogP contribution in [0.4, 0.5) is 0 Å². The highest BCUT2D eigenvalue weighted by Crippen LogP contribution is 2.27. The number of nitrogens with zero attached hydrogens (tertiary/aromatic N) is 1. The van der Waals surface area contributed by atoms with Gasteiger partial charge in [0.1, 0.15) is 5.92 Å². The average Bonchev–Trinajstić information content (AvgIpc) is 2.24. The van der Waals surface area contributed by atoms with Gasteiger partial charge < -0.3 is 15.0 Å². The first-order valence-electron chi connectivity index (χ1n) is 7.21. The monoisotopic (exact) mass is 286 g/mol. The standard InChI is InChI=1S/C15H30N2O3/c1-8-20-14(19)12(15(3,4)5)13(18)16-11(2)9-10-17(6)7/h11-12H,8-10H2,1-7H3,(H,16,18). The molecule has 0 aliphatic heterocycles. The Labute approximate surface area is 123 Å². The van der Waals surface area contributed by atoms with Crippen LogP contribution in [0.1, 0.15) is 41.0 Å². The minimum atomic E-state index is -0.774. The van der Waals surface area contributed by atoms with E-state index >= 15 is 0 Å². The number of rotatable bonds is 7. The topological polar surface area (TPSA) is 58.6 Å². The summed E-state index contributed by atoms with van der Waals surface area (Å²) in [6.07, 6.45) is 0.846. The molecule has 0 saturated carbocycles. The van der Waals surface area contributed by atoms with Gasteiger partial charge in [0.25, 0.3) is 0 Å². The van der Waals surface area contributed by atoms with E-state index in [1.165, 1.54) is 0 Å². The quantitative estimate of drug-likeness (QED) is 0.571. The molecule has 0 aromatic heterocycles. The van der Waals surface area contributed by atoms with Gasteiger partial charge in [-0.25, -0.2) is 0 Å². The van der Waals surface area contributed by atoms with E-state index in [9.17, 15) is 9.59 Å². The number of carbonyl (C=O) groups excluding carboxylic acids is 2. The Morgan fingerprint density at radius 3 is 2.20 bits per heavy atom. The number of ether oxygens (including phenoxy) is 1. The van der Waals surface area contributed by atoms with Gasteiger partial charge in [-0.15, -0.1) is 0 Å². The van der Waals surface area contributed by atoms with E-state index in [1.54, 1.807) is 6.92 Å². The van der Waals surface area contributed by atoms with Crippen LogP contribution in [0.25, 0.3) is 0 Å². The third kappa shape index (κ3) is 6.89. The first kappa shape index (κ1) is 18.9. The number of hydrogen-bond acceptors (Lipinski definition) is 4. The molecule has 118 valence electrons. The zero-order valence-electron chi connectivity index (χ0n) is 13.9. The van der Waals surface area contributed by atoms with E-state index in [1.807, 2.05) is 41.8 Å². The Kier molecular flexibility index (Phi) is 7.79. The molecule has 0 saturated heterocycles. The molecule has 1 amide bonds. The van der Waals surface area contributed by atoms with E-state index in [2.05, 4.69) is 10.2 Å². The number of hydrogen-bond donors (Lipinski definition) is 1. The fourth-order valence-corrected chi connectivity index (χ4v) is 1.93. The van der Waals surface area contributed by atoms with Crippen molar-refractivity contribution in [2.45, 2.75) is 47.1 Å². The van der Waals surface area contributed by atoms with Crippen LogP contribution in [0.3, 0.4) is 0 Å². The highest BCUT2D eigenvalue weighted by molar-refractivity contribution is 5.98. The Morgan fingerprint density at radius 2 is 1.80 bits per heavy atom. The maximum Gasteiger partial charge on any atom is 0.319 e. The lowest BCUT2D eigenvalue weighted by Gasteiger charge is -2.29. The summed E-state index contributed by atoms with van der Waals surface area (Å²) in [6, 6.07) is 0.0316. The van der Waals surface area contributed by atoms with Crippen LogP contribution >= 0.6 is 0 Å². The second kappa shape index (κ2) is 8.25. The molecule has 0 aromatic carbocycles. The Morgan fingerprint density at radius 1 is 1.25 bits per heavy atom. The SMILES string of the molecule is CCOC(=O)C(C(=O)NC(C)CCN(C)C)C(C)(C)C. The van der Waals surface area contributed by atoms with Crippen LogP contribution in [0, 0.1) is 11.3 Å². The molecule has 0 heterocycles. The van der Waals surface area contributed by atoms with Crippen molar-refractivity contribution in [3.05, 3.63) is 0 Å². The number of amides is 1. The van der Waals surface area contributed by atoms with Crippen LogP contribution < -0.4 is 5.32 Å². The molecular formula is C15H30N2O3. The molecule has 2 unspecified atom stereocenters. The van der Waals surface area contributed by atoms with Crippen molar-refractivity contribution in [2.75, 3.05) is 27.2 Å². The van der Waals surface area contributed by atoms with Crippen molar-refractivity contribution in [2.24, 2.45) is 11.3 Å². The van der Waals surface area contributed by atoms with Gasteiger partial charge in [-0.3, -0.25) is 9.59 Å². The first-order valence-corrected chi connectivity index (χ1v) is 7.21. The maximum atomic E-state index is 12.3. The Balaban J connectivity index is 4.68. The third-order valence-corrected chi connectivity index (χ3v) is 3.05. The van der Waals surface area contributed by atoms with E-state index in [-0.39, 0.29) is 18.6 Å². The van der Waals surface area contributed by atoms with Crippen LogP contribution in [-0.2, 0) is 14.3 Å². The second-order valence-corrected chi connectivity index (χ2v) is 6.55. The van der Waals surface area contributed by atoms with E-state index < -0.39 is 17.3 Å². The molecule has 5 nitrogen and oxygen atoms in total. The van der Waals surface area contributed by atoms with Gasteiger partial charge in [0.05, 0.1) is 6.61 Å². The van der Waals surface area contributed by atoms with Crippen molar-refractivity contribution in [1.29, 1.82) is 0 Å². The van der Waals surface area contributed by atoms with Gasteiger partial charge >= 0.3 is 5.97 Å². The largest absolute Gasteiger partial charge is 0.465 e. The summed E-state index contributed by atoms with van der Waals surface area (Å²) in [6.45, 7) is 10.5. The molecule has 0 aliphatic rings. The summed E-state index contributed by atoms with van der Waals surface area (Å²) < 4.78 is 5.02. The van der Waals surface area contributed by atoms with Gasteiger partial charge in [0.2, 0.25) is 5.91 Å². The zero-order chi connectivity index (χ0) is 15.9. The molecule has 1 N–H and O–H groups in total. The molecule has 0 aromatic rings. The van der Waals surface area contributed by atoms with Gasteiger partial charge in [0, 0.05) is 6.04 Å². The van der Waals surface area contributed by atoms with Crippen molar-refractivity contribution in [1.82, 2.24) is 10.2 Å². The summed E-state index contributed by atoms with van der Waals surface area (Å²) in [5.74, 6) is -1.47. The molecule has 2 atom stereocenters. The summed E-state index contributed by atoms with van der Waals surface area (Å²) in [7, 11) is 3.98. The fraction of sp³-hybridized carbons (Fsp3) is 0.867. The van der Waals surface area contributed by atoms with Gasteiger partial charge in [-0.05, 0) is 46.3 Å². The van der Waals surface area contributed by atoms with Gasteiger partial charge in [-0.1, -0.05) is 20.8 Å². The molecule has 0 rings (SSSR count). The lowest BCUT2D eigenvalue weighted by molar-refractivity contribution is -0.156. The first-order chi connectivity index (χ1) is 9.09. The van der Waals surface area contributed by atoms with E-state index in [0.29, 0.717) is 0 Å². The maximum absolute atomic E-state index is 12.3. The van der Waals surface area contributed by atoms with Gasteiger partial charge in [-0.2, -0.15) is 0 Å². The van der Waals surface area contributed by atoms with Crippen LogP contribution in [0.5, 0.6) is 0 Å². The minimum Gasteiger partial charge on any atom is -0.465 e. The second-order valence-electron chi connectivity index (χ2n) is 6.55. The molecule has 0 radical (unpaired) electrons. The fourth-order valence-electron chi connectivity index (χ4n) is 1.93. The number of carbonyl (C=O) groups is 2. The molecule has 20 heavy (non-hydrogen) atoms. The predicted molar refractivity (Wildman–Crippen MR) is 80.4 cm³/mol. The summed E-state index contributed by atoms with van der Waals surface area (Å²) in [4.78, 5) is 26.4. The number of nitrogens with one attached hydrogen (secondary N) is 1. The highest BCUT2D eigenvalue weighted by Gasteiger charge is 2.39. The Hall–Kier alpha value is -1.10. The zero-order valence-corrected chi connectivity index (χ0v) is 13.9. The molecule has 0 aliphatic carbocycles. The van der Waals surface area contributed by atoms with Gasteiger partial charge in [0.15, 0.2) is 0 Å². The molecule has 0 fully saturated rings. The highest BCUT2D eigenvalue weighted by atomic mass is 16.5. The van der Waals surface area contributed by atoms with E-state index in [0.717, 1.165) is 13.0 Å². The van der Waals surface area contributed by atoms with Crippen molar-refractivity contribution in [3.8, 4) is 0 Å². The summed E-state index contributed by atoms with van der Waals surface area (Å²) >= 11 is 0. The lowest BCUT2D eigenvalue weighted by atomic mass is 9.80. The van der Waals surface area contributed by atoms with E-state index in [4.69, 9.17) is 4.74 Å². The number of esters is 1.